The Labute approximate surface area is 82.5 Å². The van der Waals surface area contributed by atoms with Crippen LogP contribution in [-0.4, -0.2) is 25.0 Å². The Morgan fingerprint density at radius 1 is 0.923 bits per heavy atom. The molecule has 2 aliphatic rings. The lowest BCUT2D eigenvalue weighted by Crippen LogP contribution is -2.35. The van der Waals surface area contributed by atoms with Gasteiger partial charge in [0.05, 0.1) is 0 Å². The normalized spacial score (nSPS) is 28.8. The summed E-state index contributed by atoms with van der Waals surface area (Å²) >= 11 is 0. The van der Waals surface area contributed by atoms with Crippen molar-refractivity contribution in [2.24, 2.45) is 5.41 Å². The van der Waals surface area contributed by atoms with Gasteiger partial charge in [0.2, 0.25) is 0 Å². The highest BCUT2D eigenvalue weighted by Crippen LogP contribution is 2.49. The minimum atomic E-state index is 0.812. The van der Waals surface area contributed by atoms with Gasteiger partial charge < -0.3 is 4.90 Å². The monoisotopic (exact) mass is 181 g/mol. The molecule has 1 heteroatoms. The number of rotatable bonds is 1. The molecule has 76 valence electrons. The first-order chi connectivity index (χ1) is 6.22. The average molecular weight is 181 g/mol. The van der Waals surface area contributed by atoms with Gasteiger partial charge in [0.25, 0.3) is 0 Å². The first-order valence-electron chi connectivity index (χ1n) is 5.88. The molecule has 0 aromatic heterocycles. The predicted octanol–water partition coefficient (Wildman–Crippen LogP) is 3.05. The lowest BCUT2D eigenvalue weighted by Gasteiger charge is -2.39. The molecule has 0 aromatic rings. The van der Waals surface area contributed by atoms with E-state index in [1.165, 1.54) is 51.4 Å². The Morgan fingerprint density at radius 2 is 1.46 bits per heavy atom. The molecule has 0 atom stereocenters. The van der Waals surface area contributed by atoms with Crippen molar-refractivity contribution in [1.29, 1.82) is 0 Å². The standard InChI is InChI=1S/C12H23N/c1-13(2)11-5-9-12(10-6-11)7-3-4-8-12/h11H,3-10H2,1-2H3. The minimum absolute atomic E-state index is 0.812. The molecule has 0 bridgehead atoms. The van der Waals surface area contributed by atoms with Crippen molar-refractivity contribution in [3.63, 3.8) is 0 Å². The van der Waals surface area contributed by atoms with Crippen molar-refractivity contribution < 1.29 is 0 Å². The van der Waals surface area contributed by atoms with Gasteiger partial charge in [0, 0.05) is 6.04 Å². The Kier molecular flexibility index (Phi) is 2.64. The van der Waals surface area contributed by atoms with Gasteiger partial charge in [-0.15, -0.1) is 0 Å². The highest BCUT2D eigenvalue weighted by atomic mass is 15.1. The summed E-state index contributed by atoms with van der Waals surface area (Å²) in [5.74, 6) is 0. The van der Waals surface area contributed by atoms with E-state index < -0.39 is 0 Å². The first-order valence-corrected chi connectivity index (χ1v) is 5.88. The Bertz CT molecular complexity index is 158. The molecule has 2 fully saturated rings. The molecule has 0 aliphatic heterocycles. The van der Waals surface area contributed by atoms with Crippen LogP contribution in [0.25, 0.3) is 0 Å². The second-order valence-corrected chi connectivity index (χ2v) is 5.40. The molecule has 0 aromatic carbocycles. The lowest BCUT2D eigenvalue weighted by molar-refractivity contribution is 0.122. The predicted molar refractivity (Wildman–Crippen MR) is 56.8 cm³/mol. The molecule has 1 spiro atoms. The van der Waals surface area contributed by atoms with Crippen molar-refractivity contribution in [2.45, 2.75) is 57.4 Å². The molecule has 0 heterocycles. The van der Waals surface area contributed by atoms with Gasteiger partial charge in [-0.3, -0.25) is 0 Å². The maximum absolute atomic E-state index is 2.42. The summed E-state index contributed by atoms with van der Waals surface area (Å²) in [5, 5.41) is 0. The van der Waals surface area contributed by atoms with E-state index >= 15 is 0 Å². The Hall–Kier alpha value is -0.0400. The second kappa shape index (κ2) is 3.61. The van der Waals surface area contributed by atoms with Gasteiger partial charge in [-0.2, -0.15) is 0 Å². The van der Waals surface area contributed by atoms with Crippen LogP contribution in [-0.2, 0) is 0 Å². The smallest absolute Gasteiger partial charge is 0.00895 e. The second-order valence-electron chi connectivity index (χ2n) is 5.40. The first kappa shape index (κ1) is 9.51. The molecule has 1 nitrogen and oxygen atoms in total. The van der Waals surface area contributed by atoms with Crippen LogP contribution in [0.5, 0.6) is 0 Å². The van der Waals surface area contributed by atoms with Crippen molar-refractivity contribution in [3.05, 3.63) is 0 Å². The zero-order chi connectivity index (χ0) is 9.31. The summed E-state index contributed by atoms with van der Waals surface area (Å²) in [6.07, 6.45) is 12.0. The van der Waals surface area contributed by atoms with Crippen LogP contribution in [0, 0.1) is 5.41 Å². The minimum Gasteiger partial charge on any atom is -0.306 e. The molecule has 0 saturated heterocycles. The molecule has 2 rings (SSSR count). The Balaban J connectivity index is 1.88. The van der Waals surface area contributed by atoms with Crippen molar-refractivity contribution >= 4 is 0 Å². The molecule has 13 heavy (non-hydrogen) atoms. The fourth-order valence-electron chi connectivity index (χ4n) is 3.36. The van der Waals surface area contributed by atoms with E-state index in [2.05, 4.69) is 19.0 Å². The zero-order valence-corrected chi connectivity index (χ0v) is 9.18. The van der Waals surface area contributed by atoms with E-state index in [1.807, 2.05) is 0 Å². The fraction of sp³-hybridized carbons (Fsp3) is 1.00. The third-order valence-corrected chi connectivity index (χ3v) is 4.41. The van der Waals surface area contributed by atoms with Crippen LogP contribution in [0.4, 0.5) is 0 Å². The van der Waals surface area contributed by atoms with Crippen LogP contribution >= 0.6 is 0 Å². The van der Waals surface area contributed by atoms with Crippen molar-refractivity contribution in [3.8, 4) is 0 Å². The summed E-state index contributed by atoms with van der Waals surface area (Å²) in [6.45, 7) is 0. The number of hydrogen-bond donors (Lipinski definition) is 0. The maximum atomic E-state index is 2.42. The summed E-state index contributed by atoms with van der Waals surface area (Å²) in [4.78, 5) is 2.42. The van der Waals surface area contributed by atoms with Gasteiger partial charge in [0.15, 0.2) is 0 Å². The molecule has 0 N–H and O–H groups in total. The number of hydrogen-bond acceptors (Lipinski definition) is 1. The van der Waals surface area contributed by atoms with Crippen LogP contribution in [0.2, 0.25) is 0 Å². The average Bonchev–Trinajstić information content (AvgIpc) is 2.54. The third kappa shape index (κ3) is 1.90. The zero-order valence-electron chi connectivity index (χ0n) is 9.18. The fourth-order valence-corrected chi connectivity index (χ4v) is 3.36. The van der Waals surface area contributed by atoms with Gasteiger partial charge in [-0.25, -0.2) is 0 Å². The van der Waals surface area contributed by atoms with E-state index in [0.717, 1.165) is 11.5 Å². The number of nitrogens with zero attached hydrogens (tertiary/aromatic N) is 1. The van der Waals surface area contributed by atoms with E-state index in [0.29, 0.717) is 0 Å². The SMILES string of the molecule is CN(C)C1CCC2(CCCC2)CC1. The largest absolute Gasteiger partial charge is 0.306 e. The highest BCUT2D eigenvalue weighted by Gasteiger charge is 2.37. The summed E-state index contributed by atoms with van der Waals surface area (Å²) in [6, 6.07) is 0.881. The van der Waals surface area contributed by atoms with Gasteiger partial charge in [-0.05, 0) is 58.0 Å². The van der Waals surface area contributed by atoms with Gasteiger partial charge in [-0.1, -0.05) is 12.8 Å². The summed E-state index contributed by atoms with van der Waals surface area (Å²) in [7, 11) is 4.47. The molecule has 0 amide bonds. The van der Waals surface area contributed by atoms with E-state index in [-0.39, 0.29) is 0 Å². The Morgan fingerprint density at radius 3 is 1.92 bits per heavy atom. The van der Waals surface area contributed by atoms with E-state index in [9.17, 15) is 0 Å². The van der Waals surface area contributed by atoms with Gasteiger partial charge in [0.1, 0.15) is 0 Å². The molecule has 0 radical (unpaired) electrons. The van der Waals surface area contributed by atoms with Crippen molar-refractivity contribution in [2.75, 3.05) is 14.1 Å². The van der Waals surface area contributed by atoms with Crippen LogP contribution < -0.4 is 0 Å². The highest BCUT2D eigenvalue weighted by molar-refractivity contribution is 4.91. The van der Waals surface area contributed by atoms with E-state index in [1.54, 1.807) is 0 Å². The van der Waals surface area contributed by atoms with Crippen molar-refractivity contribution in [1.82, 2.24) is 4.90 Å². The lowest BCUT2D eigenvalue weighted by atomic mass is 9.71. The molecular weight excluding hydrogens is 158 g/mol. The molecular formula is C12H23N. The molecule has 0 unspecified atom stereocenters. The third-order valence-electron chi connectivity index (χ3n) is 4.41. The quantitative estimate of drug-likeness (QED) is 0.601. The molecule has 2 aliphatic carbocycles. The van der Waals surface area contributed by atoms with Gasteiger partial charge >= 0.3 is 0 Å². The van der Waals surface area contributed by atoms with Crippen LogP contribution in [0.3, 0.4) is 0 Å². The maximum Gasteiger partial charge on any atom is 0.00895 e. The van der Waals surface area contributed by atoms with Crippen LogP contribution in [0.15, 0.2) is 0 Å². The van der Waals surface area contributed by atoms with Crippen LogP contribution in [0.1, 0.15) is 51.4 Å². The summed E-state index contributed by atoms with van der Waals surface area (Å²) < 4.78 is 0. The van der Waals surface area contributed by atoms with E-state index in [4.69, 9.17) is 0 Å². The molecule has 2 saturated carbocycles. The summed E-state index contributed by atoms with van der Waals surface area (Å²) in [5.41, 5.74) is 0.812. The topological polar surface area (TPSA) is 3.24 Å².